The zero-order valence-electron chi connectivity index (χ0n) is 9.38. The summed E-state index contributed by atoms with van der Waals surface area (Å²) in [6.07, 6.45) is 17.9. The summed E-state index contributed by atoms with van der Waals surface area (Å²) in [6.45, 7) is 0. The van der Waals surface area contributed by atoms with Crippen LogP contribution < -0.4 is 5.73 Å². The smallest absolute Gasteiger partial charge is 0.00417 e. The Morgan fingerprint density at radius 3 is 2.21 bits per heavy atom. The van der Waals surface area contributed by atoms with Crippen molar-refractivity contribution in [2.24, 2.45) is 5.73 Å². The molecular weight excluding hydrogens is 170 g/mol. The van der Waals surface area contributed by atoms with Gasteiger partial charge in [0.25, 0.3) is 0 Å². The van der Waals surface area contributed by atoms with Gasteiger partial charge in [-0.1, -0.05) is 44.3 Å². The maximum Gasteiger partial charge on any atom is 0.00417 e. The second-order valence-electron chi connectivity index (χ2n) is 4.51. The van der Waals surface area contributed by atoms with E-state index in [4.69, 9.17) is 5.73 Å². The third-order valence-corrected chi connectivity index (χ3v) is 3.07. The molecule has 0 aromatic carbocycles. The molecule has 0 heterocycles. The molecule has 82 valence electrons. The first-order chi connectivity index (χ1) is 6.89. The first-order valence-corrected chi connectivity index (χ1v) is 6.30. The molecule has 1 nitrogen and oxygen atoms in total. The summed E-state index contributed by atoms with van der Waals surface area (Å²) in [5.41, 5.74) is 6.02. The van der Waals surface area contributed by atoms with E-state index in [9.17, 15) is 0 Å². The molecule has 0 amide bonds. The van der Waals surface area contributed by atoms with Crippen LogP contribution >= 0.6 is 0 Å². The van der Waals surface area contributed by atoms with E-state index in [0.717, 1.165) is 0 Å². The van der Waals surface area contributed by atoms with Gasteiger partial charge in [0.2, 0.25) is 0 Å². The van der Waals surface area contributed by atoms with Crippen LogP contribution in [0.1, 0.15) is 64.2 Å². The molecule has 14 heavy (non-hydrogen) atoms. The van der Waals surface area contributed by atoms with Gasteiger partial charge in [0.1, 0.15) is 0 Å². The van der Waals surface area contributed by atoms with Gasteiger partial charge in [-0.3, -0.25) is 0 Å². The Morgan fingerprint density at radius 2 is 1.36 bits per heavy atom. The molecule has 0 saturated carbocycles. The molecule has 0 spiro atoms. The van der Waals surface area contributed by atoms with E-state index < -0.39 is 0 Å². The third kappa shape index (κ3) is 6.20. The van der Waals surface area contributed by atoms with Gasteiger partial charge < -0.3 is 5.73 Å². The lowest BCUT2D eigenvalue weighted by molar-refractivity contribution is 0.516. The van der Waals surface area contributed by atoms with Crippen molar-refractivity contribution in [2.75, 3.05) is 0 Å². The molecule has 1 rings (SSSR count). The maximum absolute atomic E-state index is 6.02. The second kappa shape index (κ2) is 8.05. The molecule has 0 aromatic rings. The van der Waals surface area contributed by atoms with Gasteiger partial charge in [-0.05, 0) is 32.1 Å². The summed E-state index contributed by atoms with van der Waals surface area (Å²) in [5, 5.41) is 0. The van der Waals surface area contributed by atoms with Crippen molar-refractivity contribution in [1.82, 2.24) is 0 Å². The molecule has 1 aliphatic carbocycles. The van der Waals surface area contributed by atoms with Crippen LogP contribution in [0.2, 0.25) is 0 Å². The highest BCUT2D eigenvalue weighted by Gasteiger charge is 2.01. The van der Waals surface area contributed by atoms with Crippen molar-refractivity contribution < 1.29 is 0 Å². The van der Waals surface area contributed by atoms with Gasteiger partial charge >= 0.3 is 0 Å². The summed E-state index contributed by atoms with van der Waals surface area (Å²) in [6, 6.07) is 0.445. The van der Waals surface area contributed by atoms with E-state index in [1.807, 2.05) is 0 Å². The number of hydrogen-bond donors (Lipinski definition) is 1. The normalized spacial score (nSPS) is 27.4. The second-order valence-corrected chi connectivity index (χ2v) is 4.51. The fraction of sp³-hybridized carbons (Fsp3) is 0.846. The predicted octanol–water partition coefficient (Wildman–Crippen LogP) is 3.78. The van der Waals surface area contributed by atoms with Crippen LogP contribution in [0.3, 0.4) is 0 Å². The van der Waals surface area contributed by atoms with Gasteiger partial charge in [-0.15, -0.1) is 0 Å². The molecule has 0 fully saturated rings. The molecule has 1 unspecified atom stereocenters. The topological polar surface area (TPSA) is 26.0 Å². The summed E-state index contributed by atoms with van der Waals surface area (Å²) in [7, 11) is 0. The Kier molecular flexibility index (Phi) is 6.77. The molecule has 1 aliphatic rings. The molecule has 0 saturated heterocycles. The fourth-order valence-electron chi connectivity index (χ4n) is 2.07. The molecule has 0 radical (unpaired) electrons. The van der Waals surface area contributed by atoms with Gasteiger partial charge in [0.15, 0.2) is 0 Å². The van der Waals surface area contributed by atoms with Crippen molar-refractivity contribution in [3.05, 3.63) is 12.2 Å². The van der Waals surface area contributed by atoms with E-state index in [0.29, 0.717) is 6.04 Å². The largest absolute Gasteiger partial charge is 0.328 e. The highest BCUT2D eigenvalue weighted by atomic mass is 14.6. The lowest BCUT2D eigenvalue weighted by Gasteiger charge is -2.09. The average molecular weight is 195 g/mol. The minimum Gasteiger partial charge on any atom is -0.328 e. The molecule has 1 atom stereocenters. The van der Waals surface area contributed by atoms with Crippen molar-refractivity contribution in [2.45, 2.75) is 70.3 Å². The van der Waals surface area contributed by atoms with E-state index >= 15 is 0 Å². The zero-order valence-corrected chi connectivity index (χ0v) is 9.38. The van der Waals surface area contributed by atoms with Crippen LogP contribution in [0.25, 0.3) is 0 Å². The highest BCUT2D eigenvalue weighted by molar-refractivity contribution is 4.83. The molecular formula is C13H25N. The van der Waals surface area contributed by atoms with Crippen molar-refractivity contribution >= 4 is 0 Å². The summed E-state index contributed by atoms with van der Waals surface area (Å²) >= 11 is 0. The van der Waals surface area contributed by atoms with Gasteiger partial charge in [-0.2, -0.15) is 0 Å². The average Bonchev–Trinajstić information content (AvgIpc) is 2.20. The van der Waals surface area contributed by atoms with E-state index in [1.54, 1.807) is 0 Å². The molecule has 0 aliphatic heterocycles. The number of hydrogen-bond acceptors (Lipinski definition) is 1. The van der Waals surface area contributed by atoms with Crippen LogP contribution in [-0.2, 0) is 0 Å². The first-order valence-electron chi connectivity index (χ1n) is 6.30. The zero-order chi connectivity index (χ0) is 10.1. The SMILES string of the molecule is NC1CCC=CCCCCCCCC1. The van der Waals surface area contributed by atoms with Crippen LogP contribution in [0.4, 0.5) is 0 Å². The Bertz CT molecular complexity index is 151. The Morgan fingerprint density at radius 1 is 0.714 bits per heavy atom. The van der Waals surface area contributed by atoms with E-state index in [-0.39, 0.29) is 0 Å². The minimum absolute atomic E-state index is 0.445. The summed E-state index contributed by atoms with van der Waals surface area (Å²) in [4.78, 5) is 0. The minimum atomic E-state index is 0.445. The van der Waals surface area contributed by atoms with Gasteiger partial charge in [-0.25, -0.2) is 0 Å². The van der Waals surface area contributed by atoms with Crippen LogP contribution in [-0.4, -0.2) is 6.04 Å². The number of allylic oxidation sites excluding steroid dienone is 2. The Balaban J connectivity index is 2.20. The number of nitrogens with two attached hydrogens (primary N) is 1. The lowest BCUT2D eigenvalue weighted by Crippen LogP contribution is -2.19. The van der Waals surface area contributed by atoms with Crippen LogP contribution in [0.5, 0.6) is 0 Å². The fourth-order valence-corrected chi connectivity index (χ4v) is 2.07. The number of rotatable bonds is 0. The van der Waals surface area contributed by atoms with Gasteiger partial charge in [0.05, 0.1) is 0 Å². The molecule has 0 aromatic heterocycles. The summed E-state index contributed by atoms with van der Waals surface area (Å²) in [5.74, 6) is 0. The van der Waals surface area contributed by atoms with E-state index in [2.05, 4.69) is 12.2 Å². The molecule has 0 bridgehead atoms. The quantitative estimate of drug-likeness (QED) is 0.585. The lowest BCUT2D eigenvalue weighted by atomic mass is 10.0. The van der Waals surface area contributed by atoms with Crippen molar-refractivity contribution in [3.63, 3.8) is 0 Å². The first kappa shape index (κ1) is 11.8. The summed E-state index contributed by atoms with van der Waals surface area (Å²) < 4.78 is 0. The predicted molar refractivity (Wildman–Crippen MR) is 63.3 cm³/mol. The van der Waals surface area contributed by atoms with E-state index in [1.165, 1.54) is 64.2 Å². The van der Waals surface area contributed by atoms with Crippen LogP contribution in [0.15, 0.2) is 12.2 Å². The molecule has 2 N–H and O–H groups in total. The van der Waals surface area contributed by atoms with Crippen molar-refractivity contribution in [3.8, 4) is 0 Å². The third-order valence-electron chi connectivity index (χ3n) is 3.07. The highest BCUT2D eigenvalue weighted by Crippen LogP contribution is 2.12. The van der Waals surface area contributed by atoms with Crippen LogP contribution in [0, 0.1) is 0 Å². The standard InChI is InChI=1S/C13H25N/c14-13-11-9-7-5-3-1-2-4-6-8-10-12-13/h5,7,13H,1-4,6,8-12,14H2. The van der Waals surface area contributed by atoms with Crippen molar-refractivity contribution in [1.29, 1.82) is 0 Å². The monoisotopic (exact) mass is 195 g/mol. The Labute approximate surface area is 88.8 Å². The molecule has 1 heteroatoms. The van der Waals surface area contributed by atoms with Gasteiger partial charge in [0, 0.05) is 6.04 Å². The Hall–Kier alpha value is -0.300. The maximum atomic E-state index is 6.02.